The molecule has 2 fully saturated rings. The summed E-state index contributed by atoms with van der Waals surface area (Å²) >= 11 is 6.38. The van der Waals surface area contributed by atoms with Crippen LogP contribution in [0.15, 0.2) is 18.2 Å². The molecule has 0 saturated carbocycles. The number of hydrogen-bond acceptors (Lipinski definition) is 4. The molecule has 2 amide bonds. The highest BCUT2D eigenvalue weighted by Gasteiger charge is 2.29. The Kier molecular flexibility index (Phi) is 4.12. The van der Waals surface area contributed by atoms with Crippen LogP contribution in [0.5, 0.6) is 0 Å². The van der Waals surface area contributed by atoms with Crippen LogP contribution in [0.3, 0.4) is 0 Å². The third-order valence-electron chi connectivity index (χ3n) is 4.08. The quantitative estimate of drug-likeness (QED) is 0.808. The average Bonchev–Trinajstić information content (AvgIpc) is 2.49. The number of benzene rings is 1. The second-order valence-electron chi connectivity index (χ2n) is 5.45. The van der Waals surface area contributed by atoms with E-state index in [0.29, 0.717) is 17.9 Å². The second kappa shape index (κ2) is 6.03. The molecule has 1 atom stereocenters. The average molecular weight is 308 g/mol. The largest absolute Gasteiger partial charge is 0.369 e. The molecule has 2 saturated heterocycles. The van der Waals surface area contributed by atoms with Crippen molar-refractivity contribution in [3.63, 3.8) is 0 Å². The predicted molar refractivity (Wildman–Crippen MR) is 81.7 cm³/mol. The van der Waals surface area contributed by atoms with Crippen LogP contribution in [-0.2, 0) is 9.59 Å². The van der Waals surface area contributed by atoms with Gasteiger partial charge in [-0.3, -0.25) is 14.9 Å². The molecule has 0 aliphatic carbocycles. The number of rotatable bonds is 2. The van der Waals surface area contributed by atoms with E-state index in [1.54, 1.807) is 0 Å². The summed E-state index contributed by atoms with van der Waals surface area (Å²) in [6.07, 6.45) is 0.893. The molecule has 0 aromatic heterocycles. The van der Waals surface area contributed by atoms with Gasteiger partial charge in [-0.05, 0) is 24.1 Å². The molecular weight excluding hydrogens is 290 g/mol. The van der Waals surface area contributed by atoms with Crippen molar-refractivity contribution in [2.24, 2.45) is 0 Å². The minimum Gasteiger partial charge on any atom is -0.369 e. The van der Waals surface area contributed by atoms with Gasteiger partial charge in [0.25, 0.3) is 0 Å². The van der Waals surface area contributed by atoms with Crippen molar-refractivity contribution in [1.82, 2.24) is 10.6 Å². The van der Waals surface area contributed by atoms with Crippen LogP contribution >= 0.6 is 11.6 Å². The van der Waals surface area contributed by atoms with Gasteiger partial charge in [0.2, 0.25) is 11.8 Å². The van der Waals surface area contributed by atoms with E-state index in [4.69, 9.17) is 11.6 Å². The van der Waals surface area contributed by atoms with Crippen molar-refractivity contribution in [2.45, 2.75) is 18.8 Å². The predicted octanol–water partition coefficient (Wildman–Crippen LogP) is 1.27. The van der Waals surface area contributed by atoms with Gasteiger partial charge in [0.1, 0.15) is 0 Å². The monoisotopic (exact) mass is 307 g/mol. The number of anilines is 1. The molecule has 0 bridgehead atoms. The maximum absolute atomic E-state index is 11.9. The Morgan fingerprint density at radius 1 is 1.19 bits per heavy atom. The molecule has 1 aromatic rings. The van der Waals surface area contributed by atoms with Crippen LogP contribution in [-0.4, -0.2) is 38.0 Å². The van der Waals surface area contributed by atoms with E-state index in [0.717, 1.165) is 37.4 Å². The van der Waals surface area contributed by atoms with E-state index in [2.05, 4.69) is 15.5 Å². The third kappa shape index (κ3) is 3.04. The van der Waals surface area contributed by atoms with E-state index in [9.17, 15) is 9.59 Å². The zero-order valence-corrected chi connectivity index (χ0v) is 12.4. The second-order valence-corrected chi connectivity index (χ2v) is 5.85. The zero-order valence-electron chi connectivity index (χ0n) is 11.7. The summed E-state index contributed by atoms with van der Waals surface area (Å²) in [5.41, 5.74) is 1.89. The highest BCUT2D eigenvalue weighted by molar-refractivity contribution is 6.32. The van der Waals surface area contributed by atoms with Crippen molar-refractivity contribution < 1.29 is 9.59 Å². The molecule has 112 valence electrons. The summed E-state index contributed by atoms with van der Waals surface area (Å²) in [4.78, 5) is 25.4. The van der Waals surface area contributed by atoms with Crippen LogP contribution < -0.4 is 15.5 Å². The Bertz CT molecular complexity index is 570. The number of carbonyl (C=O) groups excluding carboxylic acids is 2. The summed E-state index contributed by atoms with van der Waals surface area (Å²) in [6.45, 7) is 3.83. The van der Waals surface area contributed by atoms with Crippen LogP contribution in [0.1, 0.15) is 24.3 Å². The Morgan fingerprint density at radius 3 is 2.62 bits per heavy atom. The lowest BCUT2D eigenvalue weighted by Crippen LogP contribution is -2.43. The summed E-state index contributed by atoms with van der Waals surface area (Å²) in [6, 6.07) is 5.85. The molecule has 3 rings (SSSR count). The van der Waals surface area contributed by atoms with Crippen LogP contribution in [0, 0.1) is 0 Å². The van der Waals surface area contributed by atoms with Crippen molar-refractivity contribution in [3.05, 3.63) is 28.8 Å². The maximum atomic E-state index is 11.9. The van der Waals surface area contributed by atoms with Gasteiger partial charge in [-0.2, -0.15) is 0 Å². The molecule has 1 aromatic carbocycles. The summed E-state index contributed by atoms with van der Waals surface area (Å²) < 4.78 is 0. The van der Waals surface area contributed by atoms with Gasteiger partial charge in [-0.1, -0.05) is 17.7 Å². The fourth-order valence-electron chi connectivity index (χ4n) is 2.91. The maximum Gasteiger partial charge on any atom is 0.234 e. The van der Waals surface area contributed by atoms with Gasteiger partial charge < -0.3 is 10.2 Å². The fraction of sp³-hybridized carbons (Fsp3) is 0.467. The number of carbonyl (C=O) groups is 2. The number of hydrogen-bond donors (Lipinski definition) is 2. The fourth-order valence-corrected chi connectivity index (χ4v) is 3.22. The molecule has 2 heterocycles. The topological polar surface area (TPSA) is 61.4 Å². The molecule has 2 aliphatic rings. The SMILES string of the molecule is O=C1CCC(c2ccc(N3CCNCC3)cc2Cl)C(=O)N1. The van der Waals surface area contributed by atoms with Crippen LogP contribution in [0.4, 0.5) is 5.69 Å². The zero-order chi connectivity index (χ0) is 14.8. The molecule has 21 heavy (non-hydrogen) atoms. The molecule has 0 radical (unpaired) electrons. The Hall–Kier alpha value is -1.59. The molecule has 6 heteroatoms. The van der Waals surface area contributed by atoms with Crippen molar-refractivity contribution in [3.8, 4) is 0 Å². The number of piperazine rings is 1. The Balaban J connectivity index is 1.81. The molecule has 2 aliphatic heterocycles. The Morgan fingerprint density at radius 2 is 1.95 bits per heavy atom. The first-order valence-electron chi connectivity index (χ1n) is 7.24. The standard InChI is InChI=1S/C15H18ClN3O2/c16-13-9-10(19-7-5-17-6-8-19)1-2-11(13)12-3-4-14(20)18-15(12)21/h1-2,9,12,17H,3-8H2,(H,18,20,21). The van der Waals surface area contributed by atoms with Crippen LogP contribution in [0.25, 0.3) is 0 Å². The molecular formula is C15H18ClN3O2. The molecule has 0 spiro atoms. The van der Waals surface area contributed by atoms with Gasteiger partial charge in [-0.25, -0.2) is 0 Å². The Labute approximate surface area is 128 Å². The van der Waals surface area contributed by atoms with Crippen molar-refractivity contribution >= 4 is 29.1 Å². The van der Waals surface area contributed by atoms with E-state index < -0.39 is 0 Å². The first-order valence-corrected chi connectivity index (χ1v) is 7.62. The first kappa shape index (κ1) is 14.4. The lowest BCUT2D eigenvalue weighted by molar-refractivity contribution is -0.134. The number of nitrogens with one attached hydrogen (secondary N) is 2. The van der Waals surface area contributed by atoms with Gasteiger partial charge >= 0.3 is 0 Å². The summed E-state index contributed by atoms with van der Waals surface area (Å²) in [5.74, 6) is -0.778. The third-order valence-corrected chi connectivity index (χ3v) is 4.41. The van der Waals surface area contributed by atoms with Gasteiger partial charge in [0.15, 0.2) is 0 Å². The number of imide groups is 1. The lowest BCUT2D eigenvalue weighted by Gasteiger charge is -2.30. The van der Waals surface area contributed by atoms with E-state index in [1.165, 1.54) is 0 Å². The normalized spacial score (nSPS) is 23.1. The number of nitrogens with zero attached hydrogens (tertiary/aromatic N) is 1. The first-order chi connectivity index (χ1) is 10.1. The lowest BCUT2D eigenvalue weighted by atomic mass is 9.90. The molecule has 1 unspecified atom stereocenters. The van der Waals surface area contributed by atoms with Crippen molar-refractivity contribution in [1.29, 1.82) is 0 Å². The minimum atomic E-state index is -0.327. The smallest absolute Gasteiger partial charge is 0.234 e. The highest BCUT2D eigenvalue weighted by Crippen LogP contribution is 2.33. The number of halogens is 1. The summed E-state index contributed by atoms with van der Waals surface area (Å²) in [7, 11) is 0. The summed E-state index contributed by atoms with van der Waals surface area (Å²) in [5, 5.41) is 6.29. The van der Waals surface area contributed by atoms with Gasteiger partial charge in [0.05, 0.1) is 5.92 Å². The van der Waals surface area contributed by atoms with Crippen molar-refractivity contribution in [2.75, 3.05) is 31.1 Å². The van der Waals surface area contributed by atoms with E-state index >= 15 is 0 Å². The highest BCUT2D eigenvalue weighted by atomic mass is 35.5. The van der Waals surface area contributed by atoms with Gasteiger partial charge in [0, 0.05) is 43.3 Å². The molecule has 5 nitrogen and oxygen atoms in total. The molecule has 2 N–H and O–H groups in total. The van der Waals surface area contributed by atoms with Crippen LogP contribution in [0.2, 0.25) is 5.02 Å². The van der Waals surface area contributed by atoms with E-state index in [1.807, 2.05) is 18.2 Å². The van der Waals surface area contributed by atoms with Gasteiger partial charge in [-0.15, -0.1) is 0 Å². The minimum absolute atomic E-state index is 0.204. The number of piperidine rings is 1. The number of amides is 2. The van der Waals surface area contributed by atoms with E-state index in [-0.39, 0.29) is 17.7 Å².